The molecule has 4 N–H and O–H groups in total. The third-order valence-electron chi connectivity index (χ3n) is 18.5. The van der Waals surface area contributed by atoms with Crippen LogP contribution in [-0.2, 0) is 107 Å². The van der Waals surface area contributed by atoms with Crippen LogP contribution >= 0.6 is 0 Å². The number of rotatable bonds is 68. The summed E-state index contributed by atoms with van der Waals surface area (Å²) >= 11 is 0. The number of aromatic nitrogens is 6. The molecule has 29 nitrogen and oxygen atoms in total. The fraction of sp³-hybridized carbons (Fsp3) is 0.897. The zero-order chi connectivity index (χ0) is 87.2. The quantitative estimate of drug-likeness (QED) is 0.0447. The summed E-state index contributed by atoms with van der Waals surface area (Å²) < 4.78 is 78.8. The minimum atomic E-state index is -0.669. The molecule has 2 aromatic rings. The summed E-state index contributed by atoms with van der Waals surface area (Å²) in [5, 5.41) is 29.8. The van der Waals surface area contributed by atoms with Crippen LogP contribution in [0, 0.1) is 54.1 Å². The Morgan fingerprint density at radius 3 is 1.00 bits per heavy atom. The predicted octanol–water partition coefficient (Wildman–Crippen LogP) is 12.0. The molecule has 0 saturated heterocycles. The number of hydrogen-bond acceptors (Lipinski definition) is 22. The van der Waals surface area contributed by atoms with Crippen molar-refractivity contribution >= 4 is 29.7 Å². The van der Waals surface area contributed by atoms with Crippen LogP contribution in [0.25, 0.3) is 0 Å². The van der Waals surface area contributed by atoms with Crippen LogP contribution in [0.3, 0.4) is 0 Å². The Hall–Kier alpha value is -5.05. The molecule has 0 radical (unpaired) electrons. The first-order valence-corrected chi connectivity index (χ1v) is 42.6. The van der Waals surface area contributed by atoms with Crippen molar-refractivity contribution in [1.82, 2.24) is 56.2 Å². The standard InChI is InChI=1S/C87H165N11O18/c1-77(2,3)29-31-80(10,11)54-70-57-97(94-92-70)62-86(22,23)68-112-38-28-74(101)89-59-83(16,17)65-113-39-33-88-72(99)26-36-104-42-46-108-50-52-110-48-44-106-40-34-96(76(103)116-79(7,8)9)35-41-107-45-49-111-53-51-109-47-43-105-37-27-73(100)90-60-84(18,19)66-115-67-85(20,21)61-91-75(102)56-82(14,15)64-114-69-87(24,25)63-98-58-71(93-95-98)55-81(12,13)32-30-78(4,5)6/h57-58H,26-56,59-69H2,1-25H3,(H,88,99)(H,89,101)(H,90,100)(H,91,102). The minimum absolute atomic E-state index is 0.0276. The van der Waals surface area contributed by atoms with E-state index < -0.39 is 11.7 Å². The van der Waals surface area contributed by atoms with Crippen LogP contribution in [0.15, 0.2) is 12.4 Å². The lowest BCUT2D eigenvalue weighted by atomic mass is 9.77. The molecule has 2 rings (SSSR count). The Morgan fingerprint density at radius 1 is 0.328 bits per heavy atom. The van der Waals surface area contributed by atoms with Crippen LogP contribution < -0.4 is 21.3 Å². The molecule has 116 heavy (non-hydrogen) atoms. The van der Waals surface area contributed by atoms with Crippen LogP contribution in [0.4, 0.5) is 4.79 Å². The van der Waals surface area contributed by atoms with Crippen molar-refractivity contribution in [1.29, 1.82) is 0 Å². The van der Waals surface area contributed by atoms with Gasteiger partial charge in [-0.3, -0.25) is 28.5 Å². The smallest absolute Gasteiger partial charge is 0.410 e. The van der Waals surface area contributed by atoms with E-state index >= 15 is 0 Å². The van der Waals surface area contributed by atoms with Crippen molar-refractivity contribution in [2.75, 3.05) is 198 Å². The highest BCUT2D eigenvalue weighted by molar-refractivity contribution is 5.77. The lowest BCUT2D eigenvalue weighted by Crippen LogP contribution is -2.41. The Bertz CT molecular complexity index is 3000. The summed E-state index contributed by atoms with van der Waals surface area (Å²) in [5.41, 5.74) is 0.587. The lowest BCUT2D eigenvalue weighted by Gasteiger charge is -2.31. The molecule has 676 valence electrons. The first-order valence-electron chi connectivity index (χ1n) is 42.6. The van der Waals surface area contributed by atoms with Gasteiger partial charge in [-0.25, -0.2) is 4.79 Å². The Balaban J connectivity index is 1.43. The van der Waals surface area contributed by atoms with Gasteiger partial charge in [0.05, 0.1) is 170 Å². The summed E-state index contributed by atoms with van der Waals surface area (Å²) in [7, 11) is 0. The fourth-order valence-electron chi connectivity index (χ4n) is 11.7. The maximum atomic E-state index is 13.2. The molecule has 0 fully saturated rings. The van der Waals surface area contributed by atoms with Crippen molar-refractivity contribution in [3.63, 3.8) is 0 Å². The molecule has 0 aliphatic rings. The molecule has 0 aliphatic heterocycles. The third kappa shape index (κ3) is 59.6. The Kier molecular flexibility index (Phi) is 49.5. The molecule has 2 heterocycles. The molecule has 2 aromatic heterocycles. The highest BCUT2D eigenvalue weighted by atomic mass is 16.6. The van der Waals surface area contributed by atoms with E-state index in [1.54, 1.807) is 4.90 Å². The van der Waals surface area contributed by atoms with Crippen LogP contribution in [0.2, 0.25) is 0 Å². The second-order valence-corrected chi connectivity index (χ2v) is 41.2. The van der Waals surface area contributed by atoms with Crippen LogP contribution in [-0.4, -0.2) is 268 Å². The van der Waals surface area contributed by atoms with E-state index in [4.69, 9.17) is 61.6 Å². The average molecular weight is 1650 g/mol. The fourth-order valence-corrected chi connectivity index (χ4v) is 11.7. The second kappa shape index (κ2) is 53.7. The predicted molar refractivity (Wildman–Crippen MR) is 453 cm³/mol. The largest absolute Gasteiger partial charge is 0.444 e. The highest BCUT2D eigenvalue weighted by Crippen LogP contribution is 2.35. The van der Waals surface area contributed by atoms with Crippen LogP contribution in [0.5, 0.6) is 0 Å². The van der Waals surface area contributed by atoms with Gasteiger partial charge in [0.2, 0.25) is 23.6 Å². The van der Waals surface area contributed by atoms with Gasteiger partial charge in [0.15, 0.2) is 0 Å². The van der Waals surface area contributed by atoms with Gasteiger partial charge < -0.3 is 87.7 Å². The van der Waals surface area contributed by atoms with Gasteiger partial charge in [0, 0.05) is 118 Å². The monoisotopic (exact) mass is 1650 g/mol. The van der Waals surface area contributed by atoms with Gasteiger partial charge in [0.25, 0.3) is 0 Å². The van der Waals surface area contributed by atoms with E-state index in [1.165, 1.54) is 0 Å². The first-order chi connectivity index (χ1) is 53.8. The Morgan fingerprint density at radius 2 is 0.629 bits per heavy atom. The average Bonchev–Trinajstić information content (AvgIpc) is 1.68. The highest BCUT2D eigenvalue weighted by Gasteiger charge is 2.32. The Labute approximate surface area is 700 Å². The van der Waals surface area contributed by atoms with Gasteiger partial charge in [-0.1, -0.05) is 163 Å². The van der Waals surface area contributed by atoms with Crippen molar-refractivity contribution in [3.05, 3.63) is 23.8 Å². The van der Waals surface area contributed by atoms with E-state index in [1.807, 2.05) is 64.0 Å². The van der Waals surface area contributed by atoms with Gasteiger partial charge in [-0.2, -0.15) is 0 Å². The molecule has 0 bridgehead atoms. The molecule has 0 atom stereocenters. The van der Waals surface area contributed by atoms with E-state index in [9.17, 15) is 24.0 Å². The van der Waals surface area contributed by atoms with Gasteiger partial charge in [0.1, 0.15) is 5.60 Å². The lowest BCUT2D eigenvalue weighted by molar-refractivity contribution is -0.125. The number of carbonyl (C=O) groups is 5. The summed E-state index contributed by atoms with van der Waals surface area (Å²) in [4.78, 5) is 65.4. The molecular weight excluding hydrogens is 1490 g/mol. The number of amides is 5. The van der Waals surface area contributed by atoms with E-state index in [0.29, 0.717) is 202 Å². The number of carbonyl (C=O) groups excluding carboxylic acids is 5. The topological polar surface area (TPSA) is 318 Å². The molecule has 0 spiro atoms. The summed E-state index contributed by atoms with van der Waals surface area (Å²) in [6.07, 6.45) is 11.0. The van der Waals surface area contributed by atoms with E-state index in [0.717, 1.165) is 49.9 Å². The van der Waals surface area contributed by atoms with Crippen molar-refractivity contribution in [2.45, 2.75) is 256 Å². The zero-order valence-corrected chi connectivity index (χ0v) is 77.3. The molecule has 0 aliphatic carbocycles. The van der Waals surface area contributed by atoms with E-state index in [2.05, 4.69) is 173 Å². The molecule has 0 saturated carbocycles. The molecule has 29 heteroatoms. The van der Waals surface area contributed by atoms with Crippen LogP contribution in [0.1, 0.15) is 236 Å². The van der Waals surface area contributed by atoms with Gasteiger partial charge in [-0.05, 0) is 86.4 Å². The third-order valence-corrected chi connectivity index (χ3v) is 18.5. The maximum Gasteiger partial charge on any atom is 0.410 e. The normalized spacial score (nSPS) is 13.2. The van der Waals surface area contributed by atoms with E-state index in [-0.39, 0.29) is 113 Å². The molecule has 0 unspecified atom stereocenters. The van der Waals surface area contributed by atoms with Crippen molar-refractivity contribution in [3.8, 4) is 0 Å². The first kappa shape index (κ1) is 107. The summed E-state index contributed by atoms with van der Waals surface area (Å²) in [6, 6.07) is 0. The van der Waals surface area contributed by atoms with Crippen molar-refractivity contribution < 1.29 is 85.6 Å². The molecular formula is C87H165N11O18. The number of hydrogen-bond donors (Lipinski definition) is 4. The zero-order valence-electron chi connectivity index (χ0n) is 77.3. The number of nitrogens with zero attached hydrogens (tertiary/aromatic N) is 7. The van der Waals surface area contributed by atoms with Gasteiger partial charge >= 0.3 is 6.09 Å². The number of ether oxygens (including phenoxy) is 13. The summed E-state index contributed by atoms with van der Waals surface area (Å²) in [5.74, 6) is -0.351. The summed E-state index contributed by atoms with van der Waals surface area (Å²) in [6.45, 7) is 65.7. The van der Waals surface area contributed by atoms with Crippen molar-refractivity contribution in [2.24, 2.45) is 54.1 Å². The molecule has 0 aromatic carbocycles. The SMILES string of the molecule is CC(C)(C)CCC(C)(C)Cc1cn(CC(C)(C)COCCC(=O)NCC(C)(C)COCCNC(=O)CCOCCOCCOCCOCCN(CCOCCOCCOCCOCCC(=O)NCC(C)(C)COCC(C)(C)CNC(=O)CC(C)(C)COCC(C)(C)Cn2cc(CC(C)(C)CCC(C)(C)C)nn2)C(=O)OC(C)(C)C)nn1. The maximum absolute atomic E-state index is 13.2. The minimum Gasteiger partial charge on any atom is -0.444 e. The van der Waals surface area contributed by atoms with Gasteiger partial charge in [-0.15, -0.1) is 10.2 Å². The number of nitrogens with one attached hydrogen (secondary N) is 4. The second-order valence-electron chi connectivity index (χ2n) is 41.2. The molecule has 5 amide bonds.